The molecule has 2 amide bonds. The van der Waals surface area contributed by atoms with Crippen molar-refractivity contribution >= 4 is 33.3 Å². The summed E-state index contributed by atoms with van der Waals surface area (Å²) in [6, 6.07) is 9.19. The van der Waals surface area contributed by atoms with E-state index in [1.54, 1.807) is 30.6 Å². The quantitative estimate of drug-likeness (QED) is 0.622. The largest absolute Gasteiger partial charge is 0.334 e. The fourth-order valence-electron chi connectivity index (χ4n) is 3.10. The third-order valence-electron chi connectivity index (χ3n) is 4.53. The molecule has 1 fully saturated rings. The molecular weight excluding hydrogens is 400 g/mol. The molecule has 0 spiro atoms. The van der Waals surface area contributed by atoms with Crippen LogP contribution >= 0.6 is 11.6 Å². The molecule has 3 rings (SSSR count). The number of anilines is 1. The maximum Gasteiger partial charge on any atom is 0.319 e. The average molecular weight is 423 g/mol. The molecule has 0 bridgehead atoms. The second-order valence-corrected chi connectivity index (χ2v) is 9.11. The molecule has 0 aliphatic heterocycles. The van der Waals surface area contributed by atoms with Crippen molar-refractivity contribution in [2.45, 2.75) is 48.5 Å². The molecule has 3 N–H and O–H groups in total. The minimum Gasteiger partial charge on any atom is -0.334 e. The van der Waals surface area contributed by atoms with Crippen LogP contribution in [0, 0.1) is 0 Å². The van der Waals surface area contributed by atoms with Gasteiger partial charge in [0.25, 0.3) is 0 Å². The number of halogens is 1. The van der Waals surface area contributed by atoms with E-state index in [0.717, 1.165) is 24.8 Å². The van der Waals surface area contributed by atoms with Gasteiger partial charge in [0.15, 0.2) is 0 Å². The maximum atomic E-state index is 12.5. The molecule has 2 unspecified atom stereocenters. The summed E-state index contributed by atoms with van der Waals surface area (Å²) >= 11 is 6.14. The summed E-state index contributed by atoms with van der Waals surface area (Å²) in [5.74, 6) is 0. The van der Waals surface area contributed by atoms with Gasteiger partial charge in [0.2, 0.25) is 10.0 Å². The summed E-state index contributed by atoms with van der Waals surface area (Å²) in [5, 5.41) is 5.40. The first-order chi connectivity index (χ1) is 13.4. The number of urea groups is 1. The Morgan fingerprint density at radius 2 is 1.96 bits per heavy atom. The summed E-state index contributed by atoms with van der Waals surface area (Å²) in [5.41, 5.74) is 1.38. The molecule has 0 saturated heterocycles. The normalized spacial score (nSPS) is 19.8. The Hall–Kier alpha value is -2.16. The van der Waals surface area contributed by atoms with Crippen LogP contribution in [0.2, 0.25) is 0 Å². The van der Waals surface area contributed by atoms with E-state index in [-0.39, 0.29) is 22.3 Å². The number of hydrogen-bond acceptors (Lipinski definition) is 4. The van der Waals surface area contributed by atoms with Gasteiger partial charge in [0, 0.05) is 36.0 Å². The number of benzene rings is 1. The van der Waals surface area contributed by atoms with E-state index in [9.17, 15) is 13.2 Å². The number of sulfonamides is 1. The van der Waals surface area contributed by atoms with Crippen LogP contribution in [0.4, 0.5) is 10.5 Å². The van der Waals surface area contributed by atoms with E-state index in [4.69, 9.17) is 11.6 Å². The molecule has 1 saturated carbocycles. The highest BCUT2D eigenvalue weighted by atomic mass is 35.5. The summed E-state index contributed by atoms with van der Waals surface area (Å²) in [6.45, 7) is 0.346. The molecular formula is C19H23ClN4O3S. The number of nitrogens with zero attached hydrogens (tertiary/aromatic N) is 1. The lowest BCUT2D eigenvalue weighted by atomic mass is 9.96. The van der Waals surface area contributed by atoms with Gasteiger partial charge in [-0.3, -0.25) is 4.98 Å². The van der Waals surface area contributed by atoms with Gasteiger partial charge in [-0.15, -0.1) is 11.6 Å². The number of alkyl halides is 1. The van der Waals surface area contributed by atoms with Crippen molar-refractivity contribution in [1.29, 1.82) is 0 Å². The van der Waals surface area contributed by atoms with Crippen molar-refractivity contribution < 1.29 is 13.2 Å². The zero-order chi connectivity index (χ0) is 20.0. The first kappa shape index (κ1) is 20.6. The molecule has 1 heterocycles. The standard InChI is InChI=1S/C19H23ClN4O3S/c20-15-4-1-5-17(11-15)24-28(26,27)18-8-6-16(7-9-18)23-19(25)22-13-14-3-2-10-21-12-14/h2-3,6-10,12,15,17,24H,1,4-5,11,13H2,(H2,22,23,25). The lowest BCUT2D eigenvalue weighted by molar-refractivity contribution is 0.251. The number of carbonyl (C=O) groups is 1. The third-order valence-corrected chi connectivity index (χ3v) is 6.46. The van der Waals surface area contributed by atoms with Crippen molar-refractivity contribution in [3.8, 4) is 0 Å². The SMILES string of the molecule is O=C(NCc1cccnc1)Nc1ccc(S(=O)(=O)NC2CCCC(Cl)C2)cc1. The van der Waals surface area contributed by atoms with Crippen LogP contribution in [-0.4, -0.2) is 30.9 Å². The second-order valence-electron chi connectivity index (χ2n) is 6.78. The van der Waals surface area contributed by atoms with Gasteiger partial charge in [0.05, 0.1) is 4.90 Å². The first-order valence-corrected chi connectivity index (χ1v) is 11.0. The van der Waals surface area contributed by atoms with Gasteiger partial charge >= 0.3 is 6.03 Å². The summed E-state index contributed by atoms with van der Waals surface area (Å²) in [6.07, 6.45) is 6.60. The Kier molecular flexibility index (Phi) is 6.88. The van der Waals surface area contributed by atoms with Crippen molar-refractivity contribution in [2.75, 3.05) is 5.32 Å². The van der Waals surface area contributed by atoms with Gasteiger partial charge in [-0.1, -0.05) is 12.5 Å². The second kappa shape index (κ2) is 9.36. The zero-order valence-electron chi connectivity index (χ0n) is 15.3. The lowest BCUT2D eigenvalue weighted by Gasteiger charge is -2.26. The number of rotatable bonds is 6. The van der Waals surface area contributed by atoms with Crippen LogP contribution in [0.25, 0.3) is 0 Å². The van der Waals surface area contributed by atoms with Crippen molar-refractivity contribution in [1.82, 2.24) is 15.0 Å². The summed E-state index contributed by atoms with van der Waals surface area (Å²) in [7, 11) is -3.62. The number of carbonyl (C=O) groups excluding carboxylic acids is 1. The van der Waals surface area contributed by atoms with Crippen LogP contribution < -0.4 is 15.4 Å². The molecule has 2 aromatic rings. The van der Waals surface area contributed by atoms with Crippen LogP contribution in [0.3, 0.4) is 0 Å². The van der Waals surface area contributed by atoms with E-state index < -0.39 is 10.0 Å². The molecule has 1 aliphatic rings. The van der Waals surface area contributed by atoms with Gasteiger partial charge in [-0.25, -0.2) is 17.9 Å². The maximum absolute atomic E-state index is 12.5. The molecule has 1 aromatic heterocycles. The van der Waals surface area contributed by atoms with Crippen LogP contribution in [-0.2, 0) is 16.6 Å². The Morgan fingerprint density at radius 3 is 2.64 bits per heavy atom. The van der Waals surface area contributed by atoms with Gasteiger partial charge in [-0.2, -0.15) is 0 Å². The number of hydrogen-bond donors (Lipinski definition) is 3. The summed E-state index contributed by atoms with van der Waals surface area (Å²) < 4.78 is 27.8. The molecule has 150 valence electrons. The molecule has 28 heavy (non-hydrogen) atoms. The average Bonchev–Trinajstić information content (AvgIpc) is 2.67. The Labute approximate surface area is 169 Å². The van der Waals surface area contributed by atoms with E-state index in [1.165, 1.54) is 12.1 Å². The molecule has 1 aromatic carbocycles. The molecule has 9 heteroatoms. The van der Waals surface area contributed by atoms with Gasteiger partial charge in [0.1, 0.15) is 0 Å². The Balaban J connectivity index is 1.54. The highest BCUT2D eigenvalue weighted by Gasteiger charge is 2.25. The zero-order valence-corrected chi connectivity index (χ0v) is 16.8. The lowest BCUT2D eigenvalue weighted by Crippen LogP contribution is -2.38. The number of nitrogens with one attached hydrogen (secondary N) is 3. The Morgan fingerprint density at radius 1 is 1.18 bits per heavy atom. The van der Waals surface area contributed by atoms with E-state index in [1.807, 2.05) is 6.07 Å². The highest BCUT2D eigenvalue weighted by molar-refractivity contribution is 7.89. The van der Waals surface area contributed by atoms with Crippen molar-refractivity contribution in [2.24, 2.45) is 0 Å². The molecule has 7 nitrogen and oxygen atoms in total. The van der Waals surface area contributed by atoms with Gasteiger partial charge in [-0.05, 0) is 55.2 Å². The number of amides is 2. The minimum absolute atomic E-state index is 0.0122. The van der Waals surface area contributed by atoms with E-state index in [2.05, 4.69) is 20.3 Å². The fraction of sp³-hybridized carbons (Fsp3) is 0.368. The third kappa shape index (κ3) is 5.92. The van der Waals surface area contributed by atoms with Crippen LogP contribution in [0.1, 0.15) is 31.2 Å². The van der Waals surface area contributed by atoms with Crippen LogP contribution in [0.5, 0.6) is 0 Å². The smallest absolute Gasteiger partial charge is 0.319 e. The highest BCUT2D eigenvalue weighted by Crippen LogP contribution is 2.24. The van der Waals surface area contributed by atoms with Crippen molar-refractivity contribution in [3.05, 3.63) is 54.4 Å². The number of pyridine rings is 1. The van der Waals surface area contributed by atoms with Gasteiger partial charge < -0.3 is 10.6 Å². The van der Waals surface area contributed by atoms with Crippen LogP contribution in [0.15, 0.2) is 53.7 Å². The van der Waals surface area contributed by atoms with Crippen molar-refractivity contribution in [3.63, 3.8) is 0 Å². The van der Waals surface area contributed by atoms with E-state index >= 15 is 0 Å². The predicted molar refractivity (Wildman–Crippen MR) is 109 cm³/mol. The monoisotopic (exact) mass is 422 g/mol. The minimum atomic E-state index is -3.62. The first-order valence-electron chi connectivity index (χ1n) is 9.12. The molecule has 1 aliphatic carbocycles. The Bertz CT molecular complexity index is 891. The molecule has 0 radical (unpaired) electrons. The topological polar surface area (TPSA) is 100 Å². The van der Waals surface area contributed by atoms with E-state index in [0.29, 0.717) is 18.7 Å². The fourth-order valence-corrected chi connectivity index (χ4v) is 4.76. The summed E-state index contributed by atoms with van der Waals surface area (Å²) in [4.78, 5) is 16.1. The number of aromatic nitrogens is 1. The predicted octanol–water partition coefficient (Wildman–Crippen LogP) is 3.23. The molecule has 2 atom stereocenters.